The van der Waals surface area contributed by atoms with Gasteiger partial charge in [-0.25, -0.2) is 9.78 Å². The van der Waals surface area contributed by atoms with Gasteiger partial charge in [0.2, 0.25) is 0 Å². The first-order chi connectivity index (χ1) is 8.09. The number of halogens is 3. The molecule has 18 heavy (non-hydrogen) atoms. The molecule has 0 radical (unpaired) electrons. The minimum absolute atomic E-state index is 0.0407. The maximum Gasteiger partial charge on any atom is 0.362 e. The van der Waals surface area contributed by atoms with E-state index in [1.54, 1.807) is 0 Å². The van der Waals surface area contributed by atoms with E-state index >= 15 is 0 Å². The standard InChI is InChI=1S/C10H11ClF2N4O/c1-9(2,3)7-15-6-4-5(10(11,12)13)14-8(18)17(6)16-7/h4H,1-3H3,(H,14,18). The summed E-state index contributed by atoms with van der Waals surface area (Å²) in [7, 11) is 0. The monoisotopic (exact) mass is 276 g/mol. The van der Waals surface area contributed by atoms with Crippen LogP contribution in [0.25, 0.3) is 5.65 Å². The van der Waals surface area contributed by atoms with Crippen molar-refractivity contribution < 1.29 is 8.78 Å². The van der Waals surface area contributed by atoms with E-state index < -0.39 is 16.8 Å². The number of rotatable bonds is 1. The summed E-state index contributed by atoms with van der Waals surface area (Å²) in [6.07, 6.45) is 0. The summed E-state index contributed by atoms with van der Waals surface area (Å²) in [5.74, 6) is 0.392. The summed E-state index contributed by atoms with van der Waals surface area (Å²) in [6.45, 7) is 5.56. The van der Waals surface area contributed by atoms with E-state index in [1.807, 2.05) is 25.8 Å². The molecule has 2 aromatic rings. The largest absolute Gasteiger partial charge is 0.362 e. The number of alkyl halides is 3. The average molecular weight is 277 g/mol. The van der Waals surface area contributed by atoms with E-state index in [1.165, 1.54) is 0 Å². The second-order valence-electron chi connectivity index (χ2n) is 4.94. The summed E-state index contributed by atoms with van der Waals surface area (Å²) in [4.78, 5) is 17.6. The fourth-order valence-electron chi connectivity index (χ4n) is 1.37. The van der Waals surface area contributed by atoms with E-state index in [-0.39, 0.29) is 11.1 Å². The third-order valence-electron chi connectivity index (χ3n) is 2.32. The van der Waals surface area contributed by atoms with Crippen molar-refractivity contribution in [2.75, 3.05) is 0 Å². The molecule has 2 aromatic heterocycles. The van der Waals surface area contributed by atoms with Crippen LogP contribution < -0.4 is 5.69 Å². The molecule has 0 saturated heterocycles. The molecule has 98 valence electrons. The highest BCUT2D eigenvalue weighted by molar-refractivity contribution is 6.21. The van der Waals surface area contributed by atoms with Crippen molar-refractivity contribution in [1.82, 2.24) is 19.6 Å². The van der Waals surface area contributed by atoms with Crippen molar-refractivity contribution in [3.63, 3.8) is 0 Å². The van der Waals surface area contributed by atoms with Gasteiger partial charge in [-0.15, -0.1) is 5.10 Å². The van der Waals surface area contributed by atoms with Crippen LogP contribution >= 0.6 is 11.6 Å². The maximum absolute atomic E-state index is 12.9. The van der Waals surface area contributed by atoms with Gasteiger partial charge in [0, 0.05) is 11.5 Å². The molecule has 0 amide bonds. The van der Waals surface area contributed by atoms with Crippen molar-refractivity contribution in [1.29, 1.82) is 0 Å². The second kappa shape index (κ2) is 3.74. The number of nitrogens with zero attached hydrogens (tertiary/aromatic N) is 3. The van der Waals surface area contributed by atoms with Crippen molar-refractivity contribution in [3.05, 3.63) is 28.1 Å². The summed E-state index contributed by atoms with van der Waals surface area (Å²) in [5.41, 5.74) is -1.85. The van der Waals surface area contributed by atoms with Gasteiger partial charge in [-0.1, -0.05) is 20.8 Å². The molecule has 5 nitrogen and oxygen atoms in total. The molecule has 0 aliphatic carbocycles. The Morgan fingerprint density at radius 3 is 2.50 bits per heavy atom. The smallest absolute Gasteiger partial charge is 0.303 e. The molecular weight excluding hydrogens is 266 g/mol. The van der Waals surface area contributed by atoms with Crippen LogP contribution in [0.3, 0.4) is 0 Å². The lowest BCUT2D eigenvalue weighted by molar-refractivity contribution is 0.0895. The van der Waals surface area contributed by atoms with Crippen LogP contribution in [0.2, 0.25) is 0 Å². The summed E-state index contributed by atoms with van der Waals surface area (Å²) >= 11 is 4.87. The van der Waals surface area contributed by atoms with Gasteiger partial charge in [-0.05, 0) is 11.6 Å². The number of aromatic amines is 1. The molecule has 8 heteroatoms. The van der Waals surface area contributed by atoms with Crippen LogP contribution in [-0.2, 0) is 10.8 Å². The quantitative estimate of drug-likeness (QED) is 0.811. The predicted octanol–water partition coefficient (Wildman–Crippen LogP) is 2.00. The normalized spacial score (nSPS) is 13.2. The summed E-state index contributed by atoms with van der Waals surface area (Å²) in [5, 5.41) is 0.336. The number of nitrogens with one attached hydrogen (secondary N) is 1. The zero-order valence-electron chi connectivity index (χ0n) is 9.96. The highest BCUT2D eigenvalue weighted by Gasteiger charge is 2.31. The highest BCUT2D eigenvalue weighted by atomic mass is 35.5. The van der Waals surface area contributed by atoms with Crippen LogP contribution in [0.1, 0.15) is 32.3 Å². The van der Waals surface area contributed by atoms with Crippen molar-refractivity contribution in [2.24, 2.45) is 0 Å². The first-order valence-corrected chi connectivity index (χ1v) is 5.54. The number of hydrogen-bond acceptors (Lipinski definition) is 3. The fraction of sp³-hybridized carbons (Fsp3) is 0.500. The average Bonchev–Trinajstić information content (AvgIpc) is 2.59. The van der Waals surface area contributed by atoms with E-state index in [2.05, 4.69) is 10.1 Å². The van der Waals surface area contributed by atoms with Crippen molar-refractivity contribution in [3.8, 4) is 0 Å². The number of H-pyrrole nitrogens is 1. The Hall–Kier alpha value is -1.50. The molecule has 0 bridgehead atoms. The van der Waals surface area contributed by atoms with Crippen LogP contribution in [0.4, 0.5) is 8.78 Å². The Morgan fingerprint density at radius 2 is 2.00 bits per heavy atom. The lowest BCUT2D eigenvalue weighted by Crippen LogP contribution is -2.23. The Labute approximate surface area is 106 Å². The molecule has 0 spiro atoms. The van der Waals surface area contributed by atoms with Gasteiger partial charge >= 0.3 is 11.1 Å². The number of fused-ring (bicyclic) bond motifs is 1. The van der Waals surface area contributed by atoms with Crippen LogP contribution in [0.5, 0.6) is 0 Å². The molecule has 0 aromatic carbocycles. The van der Waals surface area contributed by atoms with Crippen molar-refractivity contribution >= 4 is 17.2 Å². The predicted molar refractivity (Wildman–Crippen MR) is 62.1 cm³/mol. The van der Waals surface area contributed by atoms with Gasteiger partial charge in [0.05, 0.1) is 0 Å². The summed E-state index contributed by atoms with van der Waals surface area (Å²) < 4.78 is 26.8. The third kappa shape index (κ3) is 2.22. The molecule has 0 saturated carbocycles. The third-order valence-corrected chi connectivity index (χ3v) is 2.52. The number of hydrogen-bond donors (Lipinski definition) is 1. The maximum atomic E-state index is 12.9. The fourth-order valence-corrected chi connectivity index (χ4v) is 1.47. The Bertz CT molecular complexity index is 650. The molecular formula is C10H11ClF2N4O. The molecule has 0 aliphatic rings. The molecule has 0 unspecified atom stereocenters. The van der Waals surface area contributed by atoms with Crippen LogP contribution in [0, 0.1) is 0 Å². The van der Waals surface area contributed by atoms with Gasteiger partial charge in [-0.2, -0.15) is 13.3 Å². The molecule has 0 fully saturated rings. The van der Waals surface area contributed by atoms with Crippen molar-refractivity contribution in [2.45, 2.75) is 31.6 Å². The minimum Gasteiger partial charge on any atom is -0.303 e. The Kier molecular flexibility index (Phi) is 2.69. The number of aromatic nitrogens is 4. The van der Waals surface area contributed by atoms with E-state index in [0.29, 0.717) is 5.82 Å². The zero-order chi connectivity index (χ0) is 13.7. The lowest BCUT2D eigenvalue weighted by Gasteiger charge is -2.11. The lowest BCUT2D eigenvalue weighted by atomic mass is 9.96. The minimum atomic E-state index is -3.64. The van der Waals surface area contributed by atoms with Crippen LogP contribution in [0.15, 0.2) is 10.9 Å². The Morgan fingerprint density at radius 1 is 1.39 bits per heavy atom. The second-order valence-corrected chi connectivity index (χ2v) is 5.42. The molecule has 2 rings (SSSR count). The zero-order valence-corrected chi connectivity index (χ0v) is 10.7. The first kappa shape index (κ1) is 12.9. The van der Waals surface area contributed by atoms with Crippen LogP contribution in [-0.4, -0.2) is 19.6 Å². The van der Waals surface area contributed by atoms with E-state index in [0.717, 1.165) is 10.6 Å². The van der Waals surface area contributed by atoms with E-state index in [9.17, 15) is 13.6 Å². The van der Waals surface area contributed by atoms with E-state index in [4.69, 9.17) is 11.6 Å². The topological polar surface area (TPSA) is 63.0 Å². The summed E-state index contributed by atoms with van der Waals surface area (Å²) in [6, 6.07) is 1.01. The van der Waals surface area contributed by atoms with Gasteiger partial charge in [0.25, 0.3) is 0 Å². The highest BCUT2D eigenvalue weighted by Crippen LogP contribution is 2.30. The van der Waals surface area contributed by atoms with Gasteiger partial charge in [0.1, 0.15) is 5.69 Å². The SMILES string of the molecule is CC(C)(C)c1nc2cc(C(F)(F)Cl)[nH]c(=O)n2n1. The first-order valence-electron chi connectivity index (χ1n) is 5.17. The molecule has 1 N–H and O–H groups in total. The Balaban J connectivity index is 2.71. The van der Waals surface area contributed by atoms with Gasteiger partial charge in [0.15, 0.2) is 11.5 Å². The molecule has 2 heterocycles. The van der Waals surface area contributed by atoms with Gasteiger partial charge in [-0.3, -0.25) is 0 Å². The molecule has 0 aliphatic heterocycles. The molecule has 0 atom stereocenters. The van der Waals surface area contributed by atoms with Gasteiger partial charge < -0.3 is 4.98 Å².